The molecule has 0 saturated carbocycles. The molecule has 0 aromatic heterocycles. The van der Waals surface area contributed by atoms with Crippen LogP contribution in [0, 0.1) is 19.8 Å². The first-order valence-corrected chi connectivity index (χ1v) is 11.1. The Kier molecular flexibility index (Phi) is 7.37. The molecule has 0 bridgehead atoms. The Labute approximate surface area is 164 Å². The standard InChI is InChI=1S/C21H32N2O3S/c1-7-20-18(13-26-14(2)3)10-11-22-21(20)17(6)23-27(24,25)19-9-8-15(4)16(5)12-19/h8-10,12,14,17,20,23H,7,11,13H2,1-6H3/t17-,20?/m1/s1. The fourth-order valence-corrected chi connectivity index (χ4v) is 4.59. The first-order chi connectivity index (χ1) is 12.7. The van der Waals surface area contributed by atoms with Gasteiger partial charge in [-0.15, -0.1) is 0 Å². The molecule has 1 unspecified atom stereocenters. The van der Waals surface area contributed by atoms with Crippen LogP contribution in [0.15, 0.2) is 39.7 Å². The summed E-state index contributed by atoms with van der Waals surface area (Å²) in [5.41, 5.74) is 4.11. The van der Waals surface area contributed by atoms with E-state index in [1.165, 1.54) is 5.57 Å². The van der Waals surface area contributed by atoms with E-state index in [0.717, 1.165) is 23.3 Å². The Hall–Kier alpha value is -1.50. The van der Waals surface area contributed by atoms with Crippen molar-refractivity contribution in [3.05, 3.63) is 41.0 Å². The molecule has 1 heterocycles. The number of nitrogens with zero attached hydrogens (tertiary/aromatic N) is 1. The van der Waals surface area contributed by atoms with E-state index in [2.05, 4.69) is 22.7 Å². The van der Waals surface area contributed by atoms with E-state index in [-0.39, 0.29) is 18.1 Å². The maximum absolute atomic E-state index is 12.8. The Bertz CT molecular complexity index is 826. The van der Waals surface area contributed by atoms with Gasteiger partial charge in [-0.05, 0) is 69.9 Å². The summed E-state index contributed by atoms with van der Waals surface area (Å²) in [7, 11) is -3.60. The summed E-state index contributed by atoms with van der Waals surface area (Å²) in [6.45, 7) is 13.0. The second kappa shape index (κ2) is 9.13. The van der Waals surface area contributed by atoms with Crippen LogP contribution in [0.3, 0.4) is 0 Å². The maximum Gasteiger partial charge on any atom is 0.241 e. The van der Waals surface area contributed by atoms with Crippen LogP contribution in [-0.4, -0.2) is 39.4 Å². The number of ether oxygens (including phenoxy) is 1. The van der Waals surface area contributed by atoms with Crippen molar-refractivity contribution in [1.82, 2.24) is 4.72 Å². The number of nitrogens with one attached hydrogen (secondary N) is 1. The fourth-order valence-electron chi connectivity index (χ4n) is 3.29. The van der Waals surface area contributed by atoms with E-state index in [1.54, 1.807) is 12.1 Å². The minimum atomic E-state index is -3.60. The van der Waals surface area contributed by atoms with Gasteiger partial charge in [-0.3, -0.25) is 4.99 Å². The molecule has 27 heavy (non-hydrogen) atoms. The van der Waals surface area contributed by atoms with Gasteiger partial charge in [0.15, 0.2) is 0 Å². The van der Waals surface area contributed by atoms with Gasteiger partial charge < -0.3 is 4.74 Å². The minimum absolute atomic E-state index is 0.106. The molecular weight excluding hydrogens is 360 g/mol. The van der Waals surface area contributed by atoms with Crippen LogP contribution >= 0.6 is 0 Å². The largest absolute Gasteiger partial charge is 0.374 e. The van der Waals surface area contributed by atoms with E-state index < -0.39 is 10.0 Å². The number of benzene rings is 1. The summed E-state index contributed by atoms with van der Waals surface area (Å²) in [6.07, 6.45) is 3.12. The zero-order valence-electron chi connectivity index (χ0n) is 17.2. The first-order valence-electron chi connectivity index (χ1n) is 9.60. The average Bonchev–Trinajstić information content (AvgIpc) is 2.61. The molecule has 2 atom stereocenters. The van der Waals surface area contributed by atoms with E-state index in [0.29, 0.717) is 18.0 Å². The van der Waals surface area contributed by atoms with Gasteiger partial charge in [0.1, 0.15) is 0 Å². The lowest BCUT2D eigenvalue weighted by Crippen LogP contribution is -2.43. The molecule has 0 spiro atoms. The first kappa shape index (κ1) is 21.8. The van der Waals surface area contributed by atoms with Crippen LogP contribution in [-0.2, 0) is 14.8 Å². The third kappa shape index (κ3) is 5.50. The highest BCUT2D eigenvalue weighted by molar-refractivity contribution is 7.89. The average molecular weight is 393 g/mol. The van der Waals surface area contributed by atoms with Gasteiger partial charge in [0.25, 0.3) is 0 Å². The Morgan fingerprint density at radius 1 is 1.22 bits per heavy atom. The quantitative estimate of drug-likeness (QED) is 0.684. The molecule has 1 aliphatic rings. The van der Waals surface area contributed by atoms with Gasteiger partial charge >= 0.3 is 0 Å². The molecule has 0 radical (unpaired) electrons. The van der Waals surface area contributed by atoms with Gasteiger partial charge in [-0.1, -0.05) is 19.1 Å². The predicted octanol–water partition coefficient (Wildman–Crippen LogP) is 3.80. The Balaban J connectivity index is 2.17. The second-order valence-electron chi connectivity index (χ2n) is 7.45. The molecule has 0 aliphatic carbocycles. The van der Waals surface area contributed by atoms with Gasteiger partial charge in [0, 0.05) is 11.6 Å². The highest BCUT2D eigenvalue weighted by atomic mass is 32.2. The van der Waals surface area contributed by atoms with E-state index in [4.69, 9.17) is 4.74 Å². The third-order valence-electron chi connectivity index (χ3n) is 4.99. The summed E-state index contributed by atoms with van der Waals surface area (Å²) < 4.78 is 34.3. The maximum atomic E-state index is 12.8. The van der Waals surface area contributed by atoms with Crippen LogP contribution in [0.5, 0.6) is 0 Å². The van der Waals surface area contributed by atoms with Gasteiger partial charge in [0.2, 0.25) is 10.0 Å². The molecular formula is C21H32N2O3S. The summed E-state index contributed by atoms with van der Waals surface area (Å²) in [4.78, 5) is 4.92. The number of dihydropyridines is 1. The van der Waals surface area contributed by atoms with Crippen LogP contribution in [0.1, 0.15) is 45.2 Å². The van der Waals surface area contributed by atoms with Crippen molar-refractivity contribution in [2.75, 3.05) is 13.2 Å². The molecule has 5 nitrogen and oxygen atoms in total. The molecule has 1 aromatic carbocycles. The van der Waals surface area contributed by atoms with Crippen molar-refractivity contribution < 1.29 is 13.2 Å². The zero-order chi connectivity index (χ0) is 20.2. The number of hydrogen-bond acceptors (Lipinski definition) is 4. The van der Waals surface area contributed by atoms with Crippen molar-refractivity contribution >= 4 is 15.7 Å². The smallest absolute Gasteiger partial charge is 0.241 e. The predicted molar refractivity (Wildman–Crippen MR) is 111 cm³/mol. The summed E-state index contributed by atoms with van der Waals surface area (Å²) in [5.74, 6) is 0.106. The van der Waals surface area contributed by atoms with Gasteiger partial charge in [0.05, 0.1) is 30.2 Å². The molecule has 1 N–H and O–H groups in total. The second-order valence-corrected chi connectivity index (χ2v) is 9.17. The number of hydrogen-bond donors (Lipinski definition) is 1. The summed E-state index contributed by atoms with van der Waals surface area (Å²) in [5, 5.41) is 0. The molecule has 0 fully saturated rings. The Morgan fingerprint density at radius 3 is 2.52 bits per heavy atom. The molecule has 150 valence electrons. The van der Waals surface area contributed by atoms with E-state index in [9.17, 15) is 8.42 Å². The number of rotatable bonds is 8. The monoisotopic (exact) mass is 392 g/mol. The third-order valence-corrected chi connectivity index (χ3v) is 6.53. The lowest BCUT2D eigenvalue weighted by molar-refractivity contribution is 0.0937. The lowest BCUT2D eigenvalue weighted by atomic mass is 9.86. The fraction of sp³-hybridized carbons (Fsp3) is 0.571. The topological polar surface area (TPSA) is 67.8 Å². The number of sulfonamides is 1. The zero-order valence-corrected chi connectivity index (χ0v) is 18.1. The number of aliphatic imine (C=N–C) groups is 1. The molecule has 1 aromatic rings. The highest BCUT2D eigenvalue weighted by Gasteiger charge is 2.29. The summed E-state index contributed by atoms with van der Waals surface area (Å²) in [6, 6.07) is 4.83. The van der Waals surface area contributed by atoms with Crippen LogP contribution in [0.2, 0.25) is 0 Å². The Morgan fingerprint density at radius 2 is 1.93 bits per heavy atom. The van der Waals surface area contributed by atoms with Crippen molar-refractivity contribution in [1.29, 1.82) is 0 Å². The van der Waals surface area contributed by atoms with Gasteiger partial charge in [-0.2, -0.15) is 0 Å². The van der Waals surface area contributed by atoms with Crippen molar-refractivity contribution in [2.24, 2.45) is 10.9 Å². The van der Waals surface area contributed by atoms with Crippen LogP contribution in [0.25, 0.3) is 0 Å². The van der Waals surface area contributed by atoms with Crippen molar-refractivity contribution in [3.8, 4) is 0 Å². The normalized spacial score (nSPS) is 19.0. The molecule has 2 rings (SSSR count). The lowest BCUT2D eigenvalue weighted by Gasteiger charge is -2.29. The van der Waals surface area contributed by atoms with E-state index in [1.807, 2.05) is 40.7 Å². The van der Waals surface area contributed by atoms with Crippen molar-refractivity contribution in [3.63, 3.8) is 0 Å². The summed E-state index contributed by atoms with van der Waals surface area (Å²) >= 11 is 0. The van der Waals surface area contributed by atoms with Gasteiger partial charge in [-0.25, -0.2) is 13.1 Å². The van der Waals surface area contributed by atoms with Crippen LogP contribution < -0.4 is 4.72 Å². The number of aryl methyl sites for hydroxylation is 2. The molecule has 6 heteroatoms. The SMILES string of the molecule is CCC1C(COC(C)C)=CCN=C1[C@@H](C)NS(=O)(=O)c1ccc(C)c(C)c1. The minimum Gasteiger partial charge on any atom is -0.374 e. The van der Waals surface area contributed by atoms with Crippen LogP contribution in [0.4, 0.5) is 0 Å². The van der Waals surface area contributed by atoms with Crippen molar-refractivity contribution in [2.45, 2.75) is 65.0 Å². The highest BCUT2D eigenvalue weighted by Crippen LogP contribution is 2.24. The molecule has 0 amide bonds. The molecule has 1 aliphatic heterocycles. The van der Waals surface area contributed by atoms with E-state index >= 15 is 0 Å². The molecule has 0 saturated heterocycles.